The molecule has 1 aliphatic rings. The van der Waals surface area contributed by atoms with Gasteiger partial charge in [-0.15, -0.1) is 0 Å². The molecule has 3 rings (SSSR count). The topological polar surface area (TPSA) is 153 Å². The molecule has 38 heavy (non-hydrogen) atoms. The molecular weight excluding hydrogens is 509 g/mol. The molecular formula is C25H21F3N4O6. The van der Waals surface area contributed by atoms with Crippen molar-refractivity contribution >= 4 is 29.3 Å². The third kappa shape index (κ3) is 6.22. The molecule has 0 radical (unpaired) electrons. The molecule has 0 spiro atoms. The van der Waals surface area contributed by atoms with Crippen LogP contribution in [-0.4, -0.2) is 32.2 Å². The van der Waals surface area contributed by atoms with Crippen molar-refractivity contribution in [2.75, 3.05) is 24.9 Å². The second-order valence-corrected chi connectivity index (χ2v) is 7.79. The zero-order chi connectivity index (χ0) is 28.0. The first-order valence-corrected chi connectivity index (χ1v) is 10.8. The summed E-state index contributed by atoms with van der Waals surface area (Å²) in [5.41, 5.74) is 5.41. The van der Waals surface area contributed by atoms with Gasteiger partial charge >= 0.3 is 24.1 Å². The lowest BCUT2D eigenvalue weighted by Crippen LogP contribution is -2.27. The molecule has 4 N–H and O–H groups in total. The number of nitriles is 1. The van der Waals surface area contributed by atoms with E-state index in [1.54, 1.807) is 6.07 Å². The summed E-state index contributed by atoms with van der Waals surface area (Å²) in [5, 5.41) is 14.7. The maximum atomic E-state index is 12.7. The van der Waals surface area contributed by atoms with Gasteiger partial charge in [0, 0.05) is 11.4 Å². The number of rotatable bonds is 6. The summed E-state index contributed by atoms with van der Waals surface area (Å²) in [6.45, 7) is 0. The summed E-state index contributed by atoms with van der Waals surface area (Å²) in [6.07, 6.45) is -4.98. The Morgan fingerprint density at radius 3 is 2.29 bits per heavy atom. The molecule has 1 aliphatic heterocycles. The van der Waals surface area contributed by atoms with Crippen LogP contribution in [0.25, 0.3) is 0 Å². The number of nitrogens with zero attached hydrogens (tertiary/aromatic N) is 1. The monoisotopic (exact) mass is 530 g/mol. The largest absolute Gasteiger partial charge is 0.469 e. The van der Waals surface area contributed by atoms with E-state index in [4.69, 9.17) is 15.2 Å². The Bertz CT molecular complexity index is 1360. The Morgan fingerprint density at radius 1 is 1.05 bits per heavy atom. The van der Waals surface area contributed by atoms with Gasteiger partial charge in [-0.2, -0.15) is 18.4 Å². The number of halogens is 3. The highest BCUT2D eigenvalue weighted by Crippen LogP contribution is 2.41. The van der Waals surface area contributed by atoms with Crippen molar-refractivity contribution in [2.45, 2.75) is 18.5 Å². The van der Waals surface area contributed by atoms with E-state index >= 15 is 0 Å². The number of hydrogen-bond acceptors (Lipinski definition) is 8. The average molecular weight is 530 g/mol. The van der Waals surface area contributed by atoms with E-state index in [0.717, 1.165) is 38.5 Å². The fourth-order valence-electron chi connectivity index (χ4n) is 3.65. The molecule has 2 aromatic rings. The summed E-state index contributed by atoms with van der Waals surface area (Å²) in [4.78, 5) is 37.1. The molecule has 0 saturated carbocycles. The van der Waals surface area contributed by atoms with Gasteiger partial charge in [-0.1, -0.05) is 12.1 Å². The number of nitrogens with two attached hydrogens (primary N) is 1. The van der Waals surface area contributed by atoms with Gasteiger partial charge in [-0.05, 0) is 42.0 Å². The second kappa shape index (κ2) is 11.4. The lowest BCUT2D eigenvalue weighted by molar-refractivity contribution is -0.140. The van der Waals surface area contributed by atoms with Crippen molar-refractivity contribution in [3.05, 3.63) is 82.4 Å². The normalized spacial score (nSPS) is 15.2. The number of alkyl halides is 3. The number of carbonyl (C=O) groups is 3. The van der Waals surface area contributed by atoms with E-state index in [-0.39, 0.29) is 34.2 Å². The minimum Gasteiger partial charge on any atom is -0.469 e. The molecule has 2 aromatic carbocycles. The van der Waals surface area contributed by atoms with Gasteiger partial charge in [0.2, 0.25) is 5.88 Å². The molecule has 0 bridgehead atoms. The molecule has 0 saturated heterocycles. The van der Waals surface area contributed by atoms with E-state index in [0.29, 0.717) is 5.56 Å². The van der Waals surface area contributed by atoms with Gasteiger partial charge in [-0.3, -0.25) is 4.79 Å². The van der Waals surface area contributed by atoms with E-state index < -0.39 is 42.0 Å². The second-order valence-electron chi connectivity index (χ2n) is 7.79. The van der Waals surface area contributed by atoms with Crippen molar-refractivity contribution in [2.24, 2.45) is 5.73 Å². The highest BCUT2D eigenvalue weighted by Gasteiger charge is 2.38. The summed E-state index contributed by atoms with van der Waals surface area (Å²) >= 11 is 0. The van der Waals surface area contributed by atoms with Crippen LogP contribution in [0.2, 0.25) is 0 Å². The molecule has 10 nitrogen and oxygen atoms in total. The minimum atomic E-state index is -4.51. The molecule has 1 atom stereocenters. The fraction of sp³-hybridized carbons (Fsp3) is 0.200. The summed E-state index contributed by atoms with van der Waals surface area (Å²) in [7, 11) is 2.26. The molecule has 13 heteroatoms. The van der Waals surface area contributed by atoms with Crippen LogP contribution < -0.4 is 16.4 Å². The smallest absolute Gasteiger partial charge is 0.416 e. The Kier molecular flexibility index (Phi) is 8.26. The number of esters is 2. The Hall–Kier alpha value is -4.99. The Labute approximate surface area is 214 Å². The molecule has 2 amide bonds. The quantitative estimate of drug-likeness (QED) is 0.471. The Morgan fingerprint density at radius 2 is 1.71 bits per heavy atom. The van der Waals surface area contributed by atoms with E-state index in [2.05, 4.69) is 15.4 Å². The van der Waals surface area contributed by atoms with Crippen LogP contribution in [0.15, 0.2) is 71.3 Å². The lowest BCUT2D eigenvalue weighted by Gasteiger charge is -2.27. The van der Waals surface area contributed by atoms with Gasteiger partial charge in [0.15, 0.2) is 0 Å². The van der Waals surface area contributed by atoms with E-state index in [1.165, 1.54) is 18.2 Å². The number of nitrogens with one attached hydrogen (secondary N) is 2. The van der Waals surface area contributed by atoms with Gasteiger partial charge in [0.25, 0.3) is 0 Å². The van der Waals surface area contributed by atoms with Crippen LogP contribution in [0.5, 0.6) is 0 Å². The van der Waals surface area contributed by atoms with Gasteiger partial charge in [-0.25, -0.2) is 9.59 Å². The SMILES string of the molecule is COC(=O)CC1=C(C(=O)OC)C(c2cccc(NC(=O)Nc3ccc(C(F)(F)F)cc3)c2)C(C#N)=C(N)O1. The first-order chi connectivity index (χ1) is 18.0. The standard InChI is InChI=1S/C25H21F3N4O6/c1-36-19(33)11-18-21(23(34)37-2)20(17(12-29)22(30)38-18)13-4-3-5-16(10-13)32-24(35)31-15-8-6-14(7-9-15)25(26,27)28/h3-10,20H,11,30H2,1-2H3,(H2,31,32,35). The van der Waals surface area contributed by atoms with Crippen LogP contribution >= 0.6 is 0 Å². The van der Waals surface area contributed by atoms with Gasteiger partial charge in [0.1, 0.15) is 23.8 Å². The number of urea groups is 1. The summed E-state index contributed by atoms with van der Waals surface area (Å²) < 4.78 is 53.1. The van der Waals surface area contributed by atoms with E-state index in [1.807, 2.05) is 6.07 Å². The number of methoxy groups -OCH3 is 2. The first kappa shape index (κ1) is 27.6. The molecule has 0 aromatic heterocycles. The predicted molar refractivity (Wildman–Crippen MR) is 127 cm³/mol. The van der Waals surface area contributed by atoms with Crippen LogP contribution in [0.1, 0.15) is 23.5 Å². The molecule has 0 aliphatic carbocycles. The summed E-state index contributed by atoms with van der Waals surface area (Å²) in [6, 6.07) is 11.0. The fourth-order valence-corrected chi connectivity index (χ4v) is 3.65. The van der Waals surface area contributed by atoms with Gasteiger partial charge < -0.3 is 30.6 Å². The third-order valence-electron chi connectivity index (χ3n) is 5.38. The molecule has 1 heterocycles. The Balaban J connectivity index is 1.92. The molecule has 1 unspecified atom stereocenters. The van der Waals surface area contributed by atoms with Gasteiger partial charge in [0.05, 0.1) is 31.3 Å². The van der Waals surface area contributed by atoms with Crippen molar-refractivity contribution in [3.8, 4) is 6.07 Å². The number of allylic oxidation sites excluding steroid dienone is 1. The average Bonchev–Trinajstić information content (AvgIpc) is 2.87. The maximum Gasteiger partial charge on any atom is 0.416 e. The van der Waals surface area contributed by atoms with Crippen LogP contribution in [0.3, 0.4) is 0 Å². The number of benzene rings is 2. The highest BCUT2D eigenvalue weighted by atomic mass is 19.4. The van der Waals surface area contributed by atoms with Crippen molar-refractivity contribution in [1.29, 1.82) is 5.26 Å². The van der Waals surface area contributed by atoms with Crippen LogP contribution in [0, 0.1) is 11.3 Å². The molecule has 0 fully saturated rings. The molecule has 198 valence electrons. The van der Waals surface area contributed by atoms with Crippen LogP contribution in [-0.2, 0) is 30.0 Å². The van der Waals surface area contributed by atoms with Crippen molar-refractivity contribution in [1.82, 2.24) is 0 Å². The highest BCUT2D eigenvalue weighted by molar-refractivity contribution is 6.00. The number of anilines is 2. The zero-order valence-corrected chi connectivity index (χ0v) is 20.0. The van der Waals surface area contributed by atoms with Crippen LogP contribution in [0.4, 0.5) is 29.3 Å². The van der Waals surface area contributed by atoms with E-state index in [9.17, 15) is 32.8 Å². The number of hydrogen-bond donors (Lipinski definition) is 3. The third-order valence-corrected chi connectivity index (χ3v) is 5.38. The predicted octanol–water partition coefficient (Wildman–Crippen LogP) is 4.15. The zero-order valence-electron chi connectivity index (χ0n) is 20.0. The number of carbonyl (C=O) groups excluding carboxylic acids is 3. The number of ether oxygens (including phenoxy) is 3. The summed E-state index contributed by atoms with van der Waals surface area (Å²) in [5.74, 6) is -3.22. The maximum absolute atomic E-state index is 12.7. The van der Waals surface area contributed by atoms with Crippen molar-refractivity contribution < 1.29 is 41.8 Å². The number of amides is 2. The first-order valence-electron chi connectivity index (χ1n) is 10.8. The lowest BCUT2D eigenvalue weighted by atomic mass is 9.82. The van der Waals surface area contributed by atoms with Crippen molar-refractivity contribution in [3.63, 3.8) is 0 Å². The minimum absolute atomic E-state index is 0.113.